The van der Waals surface area contributed by atoms with Gasteiger partial charge in [0.25, 0.3) is 5.91 Å². The second kappa shape index (κ2) is 15.7. The first-order valence-electron chi connectivity index (χ1n) is 13.5. The van der Waals surface area contributed by atoms with Crippen LogP contribution in [0.4, 0.5) is 0 Å². The summed E-state index contributed by atoms with van der Waals surface area (Å²) in [5.41, 5.74) is 1.50. The molecule has 0 saturated heterocycles. The van der Waals surface area contributed by atoms with E-state index in [1.165, 1.54) is 33.3 Å². The fraction of sp³-hybridized carbons (Fsp3) is 0.344. The molecule has 212 valence electrons. The standard InChI is InChI=1S/C32H36ClNO6/c1-4-5-6-7-8-19-39-27-16-12-25(13-17-27)32(37)40-29-18-9-23(21-30(29)38-3)20-28(22(2)35)34-31(36)24-10-14-26(33)15-11-24/h9-18,21,28H,4-8,19-20H2,1-3H3,(H,34,36). The Bertz CT molecular complexity index is 1270. The van der Waals surface area contributed by atoms with Gasteiger partial charge in [0, 0.05) is 10.6 Å². The van der Waals surface area contributed by atoms with Gasteiger partial charge < -0.3 is 19.5 Å². The first-order valence-corrected chi connectivity index (χ1v) is 13.9. The second-order valence-corrected chi connectivity index (χ2v) is 9.95. The molecule has 0 radical (unpaired) electrons. The van der Waals surface area contributed by atoms with E-state index in [0.29, 0.717) is 34.3 Å². The smallest absolute Gasteiger partial charge is 0.343 e. The van der Waals surface area contributed by atoms with Crippen molar-refractivity contribution in [2.75, 3.05) is 13.7 Å². The van der Waals surface area contributed by atoms with Gasteiger partial charge in [0.15, 0.2) is 17.3 Å². The van der Waals surface area contributed by atoms with Crippen molar-refractivity contribution in [1.29, 1.82) is 0 Å². The predicted molar refractivity (Wildman–Crippen MR) is 156 cm³/mol. The van der Waals surface area contributed by atoms with Crippen LogP contribution in [-0.2, 0) is 11.2 Å². The molecule has 40 heavy (non-hydrogen) atoms. The number of rotatable bonds is 15. The Morgan fingerprint density at radius 3 is 2.17 bits per heavy atom. The van der Waals surface area contributed by atoms with Crippen molar-refractivity contribution in [2.45, 2.75) is 58.4 Å². The Hall–Kier alpha value is -3.84. The molecule has 3 aromatic carbocycles. The van der Waals surface area contributed by atoms with E-state index < -0.39 is 12.0 Å². The highest BCUT2D eigenvalue weighted by Gasteiger charge is 2.20. The molecule has 0 heterocycles. The van der Waals surface area contributed by atoms with Gasteiger partial charge in [-0.3, -0.25) is 9.59 Å². The zero-order chi connectivity index (χ0) is 28.9. The SMILES string of the molecule is CCCCCCCOc1ccc(C(=O)Oc2ccc(CC(NC(=O)c3ccc(Cl)cc3)C(C)=O)cc2OC)cc1. The summed E-state index contributed by atoms with van der Waals surface area (Å²) in [5.74, 6) is 0.179. The van der Waals surface area contributed by atoms with Gasteiger partial charge >= 0.3 is 5.97 Å². The summed E-state index contributed by atoms with van der Waals surface area (Å²) >= 11 is 5.89. The molecule has 0 aromatic heterocycles. The third-order valence-electron chi connectivity index (χ3n) is 6.38. The van der Waals surface area contributed by atoms with Crippen molar-refractivity contribution < 1.29 is 28.6 Å². The lowest BCUT2D eigenvalue weighted by Crippen LogP contribution is -2.41. The van der Waals surface area contributed by atoms with E-state index in [1.807, 2.05) is 0 Å². The van der Waals surface area contributed by atoms with Gasteiger partial charge in [-0.2, -0.15) is 0 Å². The van der Waals surface area contributed by atoms with E-state index in [9.17, 15) is 14.4 Å². The topological polar surface area (TPSA) is 90.9 Å². The average molecular weight is 566 g/mol. The Kier molecular flexibility index (Phi) is 12.0. The second-order valence-electron chi connectivity index (χ2n) is 9.51. The van der Waals surface area contributed by atoms with Crippen LogP contribution in [0.1, 0.15) is 72.2 Å². The fourth-order valence-electron chi connectivity index (χ4n) is 4.04. The molecule has 0 aliphatic carbocycles. The molecule has 0 spiro atoms. The van der Waals surface area contributed by atoms with Gasteiger partial charge in [-0.05, 0) is 86.0 Å². The quantitative estimate of drug-likeness (QED) is 0.123. The van der Waals surface area contributed by atoms with Crippen LogP contribution in [0.15, 0.2) is 66.7 Å². The number of hydrogen-bond acceptors (Lipinski definition) is 6. The zero-order valence-electron chi connectivity index (χ0n) is 23.2. The van der Waals surface area contributed by atoms with E-state index in [1.54, 1.807) is 66.7 Å². The Morgan fingerprint density at radius 1 is 0.850 bits per heavy atom. The van der Waals surface area contributed by atoms with Gasteiger partial charge in [0.1, 0.15) is 5.75 Å². The number of Topliss-reactive ketones (excluding diaryl/α,β-unsaturated/α-hetero) is 1. The lowest BCUT2D eigenvalue weighted by atomic mass is 10.0. The highest BCUT2D eigenvalue weighted by molar-refractivity contribution is 6.30. The molecule has 1 N–H and O–H groups in total. The van der Waals surface area contributed by atoms with Crippen LogP contribution in [0.5, 0.6) is 17.2 Å². The maximum Gasteiger partial charge on any atom is 0.343 e. The minimum absolute atomic E-state index is 0.194. The molecule has 3 aromatic rings. The lowest BCUT2D eigenvalue weighted by Gasteiger charge is -2.17. The number of ketones is 1. The molecular weight excluding hydrogens is 530 g/mol. The third-order valence-corrected chi connectivity index (χ3v) is 6.63. The van der Waals surface area contributed by atoms with Crippen molar-refractivity contribution in [3.63, 3.8) is 0 Å². The maximum absolute atomic E-state index is 12.8. The van der Waals surface area contributed by atoms with E-state index in [4.69, 9.17) is 25.8 Å². The summed E-state index contributed by atoms with van der Waals surface area (Å²) < 4.78 is 16.8. The highest BCUT2D eigenvalue weighted by Crippen LogP contribution is 2.29. The largest absolute Gasteiger partial charge is 0.494 e. The van der Waals surface area contributed by atoms with Crippen LogP contribution in [0.2, 0.25) is 5.02 Å². The number of nitrogens with one attached hydrogen (secondary N) is 1. The minimum atomic E-state index is -0.752. The van der Waals surface area contributed by atoms with Crippen LogP contribution in [-0.4, -0.2) is 37.4 Å². The highest BCUT2D eigenvalue weighted by atomic mass is 35.5. The summed E-state index contributed by atoms with van der Waals surface area (Å²) in [6.07, 6.45) is 6.05. The zero-order valence-corrected chi connectivity index (χ0v) is 24.0. The predicted octanol–water partition coefficient (Wildman–Crippen LogP) is 6.85. The van der Waals surface area contributed by atoms with Gasteiger partial charge in [-0.25, -0.2) is 4.79 Å². The first-order chi connectivity index (χ1) is 19.3. The van der Waals surface area contributed by atoms with Gasteiger partial charge in [0.2, 0.25) is 0 Å². The lowest BCUT2D eigenvalue weighted by molar-refractivity contribution is -0.118. The van der Waals surface area contributed by atoms with Crippen molar-refractivity contribution in [3.05, 3.63) is 88.4 Å². The molecule has 0 aliphatic heterocycles. The van der Waals surface area contributed by atoms with Gasteiger partial charge in [-0.1, -0.05) is 50.3 Å². The summed E-state index contributed by atoms with van der Waals surface area (Å²) in [6, 6.07) is 17.5. The summed E-state index contributed by atoms with van der Waals surface area (Å²) in [4.78, 5) is 37.7. The molecule has 0 bridgehead atoms. The molecule has 0 aliphatic rings. The van der Waals surface area contributed by atoms with Crippen molar-refractivity contribution in [3.8, 4) is 17.2 Å². The number of methoxy groups -OCH3 is 1. The van der Waals surface area contributed by atoms with Crippen LogP contribution >= 0.6 is 11.6 Å². The summed E-state index contributed by atoms with van der Waals surface area (Å²) in [5, 5.41) is 3.28. The van der Waals surface area contributed by atoms with E-state index >= 15 is 0 Å². The Morgan fingerprint density at radius 2 is 1.52 bits per heavy atom. The Balaban J connectivity index is 1.59. The molecule has 0 fully saturated rings. The molecule has 7 nitrogen and oxygen atoms in total. The van der Waals surface area contributed by atoms with Crippen LogP contribution in [0.3, 0.4) is 0 Å². The number of amides is 1. The first kappa shape index (κ1) is 30.7. The average Bonchev–Trinajstić information content (AvgIpc) is 2.95. The molecule has 1 amide bonds. The van der Waals surface area contributed by atoms with Crippen LogP contribution < -0.4 is 19.5 Å². The summed E-state index contributed by atoms with van der Waals surface area (Å²) in [7, 11) is 1.47. The van der Waals surface area contributed by atoms with E-state index in [0.717, 1.165) is 18.4 Å². The van der Waals surface area contributed by atoms with Gasteiger partial charge in [-0.15, -0.1) is 0 Å². The third kappa shape index (κ3) is 9.42. The van der Waals surface area contributed by atoms with Crippen molar-refractivity contribution in [1.82, 2.24) is 5.32 Å². The molecular formula is C32H36ClNO6. The number of carbonyl (C=O) groups excluding carboxylic acids is 3. The number of ether oxygens (including phenoxy) is 3. The molecule has 8 heteroatoms. The normalized spacial score (nSPS) is 11.4. The van der Waals surface area contributed by atoms with Crippen LogP contribution in [0, 0.1) is 0 Å². The van der Waals surface area contributed by atoms with E-state index in [2.05, 4.69) is 12.2 Å². The monoisotopic (exact) mass is 565 g/mol. The number of benzene rings is 3. The van der Waals surface area contributed by atoms with E-state index in [-0.39, 0.29) is 23.9 Å². The minimum Gasteiger partial charge on any atom is -0.494 e. The number of halogens is 1. The van der Waals surface area contributed by atoms with Crippen LogP contribution in [0.25, 0.3) is 0 Å². The number of hydrogen-bond donors (Lipinski definition) is 1. The number of carbonyl (C=O) groups is 3. The maximum atomic E-state index is 12.8. The molecule has 3 rings (SSSR count). The van der Waals surface area contributed by atoms with Gasteiger partial charge in [0.05, 0.1) is 25.3 Å². The number of esters is 1. The molecule has 1 unspecified atom stereocenters. The van der Waals surface area contributed by atoms with Crippen molar-refractivity contribution in [2.24, 2.45) is 0 Å². The summed E-state index contributed by atoms with van der Waals surface area (Å²) in [6.45, 7) is 4.25. The number of unbranched alkanes of at least 4 members (excludes halogenated alkanes) is 4. The molecule has 0 saturated carbocycles. The Labute approximate surface area is 240 Å². The fourth-order valence-corrected chi connectivity index (χ4v) is 4.17. The van der Waals surface area contributed by atoms with Crippen molar-refractivity contribution >= 4 is 29.3 Å². The molecule has 1 atom stereocenters.